The Bertz CT molecular complexity index is 755. The van der Waals surface area contributed by atoms with E-state index in [0.29, 0.717) is 5.92 Å². The summed E-state index contributed by atoms with van der Waals surface area (Å²) in [6.07, 6.45) is 5.27. The van der Waals surface area contributed by atoms with E-state index in [0.717, 1.165) is 31.2 Å². The maximum absolute atomic E-state index is 4.49. The third kappa shape index (κ3) is 2.36. The van der Waals surface area contributed by atoms with Gasteiger partial charge in [-0.25, -0.2) is 4.98 Å². The number of H-pyrrole nitrogens is 2. The minimum absolute atomic E-state index is 0.545. The molecule has 0 bridgehead atoms. The van der Waals surface area contributed by atoms with E-state index in [2.05, 4.69) is 57.2 Å². The molecule has 1 aliphatic rings. The Kier molecular flexibility index (Phi) is 3.04. The summed E-state index contributed by atoms with van der Waals surface area (Å²) in [4.78, 5) is 13.8. The molecule has 0 amide bonds. The van der Waals surface area contributed by atoms with Gasteiger partial charge in [0.15, 0.2) is 0 Å². The Hall–Kier alpha value is -2.07. The van der Waals surface area contributed by atoms with Crippen LogP contribution in [0.1, 0.15) is 29.4 Å². The zero-order valence-electron chi connectivity index (χ0n) is 12.3. The lowest BCUT2D eigenvalue weighted by Gasteiger charge is -2.14. The quantitative estimate of drug-likeness (QED) is 0.774. The number of nitrogens with one attached hydrogen (secondary N) is 2. The number of aromatic nitrogens is 3. The van der Waals surface area contributed by atoms with Crippen molar-refractivity contribution in [1.29, 1.82) is 0 Å². The molecule has 1 fully saturated rings. The first-order valence-corrected chi connectivity index (χ1v) is 7.58. The molecule has 1 saturated heterocycles. The van der Waals surface area contributed by atoms with Gasteiger partial charge in [-0.05, 0) is 31.5 Å². The Labute approximate surface area is 124 Å². The van der Waals surface area contributed by atoms with Crippen LogP contribution in [-0.4, -0.2) is 32.9 Å². The molecule has 3 heterocycles. The number of para-hydroxylation sites is 1. The molecule has 1 atom stereocenters. The largest absolute Gasteiger partial charge is 0.361 e. The van der Waals surface area contributed by atoms with Crippen LogP contribution in [0.3, 0.4) is 0 Å². The van der Waals surface area contributed by atoms with Gasteiger partial charge >= 0.3 is 0 Å². The number of hydrogen-bond donors (Lipinski definition) is 2. The molecule has 3 aromatic rings. The van der Waals surface area contributed by atoms with Gasteiger partial charge < -0.3 is 9.97 Å². The molecular formula is C17H20N4. The van der Waals surface area contributed by atoms with E-state index < -0.39 is 0 Å². The molecule has 0 saturated carbocycles. The number of fused-ring (bicyclic) bond motifs is 1. The molecule has 1 aromatic carbocycles. The first-order valence-electron chi connectivity index (χ1n) is 7.58. The van der Waals surface area contributed by atoms with E-state index in [9.17, 15) is 0 Å². The van der Waals surface area contributed by atoms with Gasteiger partial charge in [0.2, 0.25) is 0 Å². The van der Waals surface area contributed by atoms with E-state index >= 15 is 0 Å². The first kappa shape index (κ1) is 12.7. The molecule has 2 aromatic heterocycles. The second-order valence-electron chi connectivity index (χ2n) is 6.03. The summed E-state index contributed by atoms with van der Waals surface area (Å²) >= 11 is 0. The second kappa shape index (κ2) is 5.04. The van der Waals surface area contributed by atoms with Gasteiger partial charge in [-0.2, -0.15) is 0 Å². The maximum atomic E-state index is 4.49. The molecule has 0 radical (unpaired) electrons. The third-order valence-electron chi connectivity index (χ3n) is 4.45. The highest BCUT2D eigenvalue weighted by Gasteiger charge is 2.26. The van der Waals surface area contributed by atoms with Crippen LogP contribution in [0.5, 0.6) is 0 Å². The monoisotopic (exact) mass is 280 g/mol. The van der Waals surface area contributed by atoms with Crippen LogP contribution in [0.15, 0.2) is 36.7 Å². The van der Waals surface area contributed by atoms with Gasteiger partial charge in [-0.1, -0.05) is 18.2 Å². The van der Waals surface area contributed by atoms with Gasteiger partial charge in [0.05, 0.1) is 0 Å². The van der Waals surface area contributed by atoms with Gasteiger partial charge in [0, 0.05) is 48.0 Å². The molecule has 1 aliphatic heterocycles. The number of benzene rings is 1. The summed E-state index contributed by atoms with van der Waals surface area (Å²) in [7, 11) is 0. The minimum Gasteiger partial charge on any atom is -0.361 e. The van der Waals surface area contributed by atoms with Crippen molar-refractivity contribution in [3.63, 3.8) is 0 Å². The standard InChI is InChI=1S/C17H20N4/c1-12-8-19-17(20-12)13-6-7-21(10-13)11-14-9-18-16-5-3-2-4-15(14)16/h2-5,8-9,13,18H,6-7,10-11H2,1H3,(H,19,20). The van der Waals surface area contributed by atoms with Crippen molar-refractivity contribution in [2.75, 3.05) is 13.1 Å². The number of aromatic amines is 2. The molecule has 0 aliphatic carbocycles. The molecular weight excluding hydrogens is 260 g/mol. The highest BCUT2D eigenvalue weighted by Crippen LogP contribution is 2.27. The molecule has 0 spiro atoms. The molecule has 4 nitrogen and oxygen atoms in total. The lowest BCUT2D eigenvalue weighted by Crippen LogP contribution is -2.19. The van der Waals surface area contributed by atoms with Crippen molar-refractivity contribution < 1.29 is 0 Å². The third-order valence-corrected chi connectivity index (χ3v) is 4.45. The van der Waals surface area contributed by atoms with Crippen molar-refractivity contribution in [2.45, 2.75) is 25.8 Å². The Morgan fingerprint density at radius 2 is 2.24 bits per heavy atom. The summed E-state index contributed by atoms with van der Waals surface area (Å²) in [6.45, 7) is 5.31. The fourth-order valence-corrected chi connectivity index (χ4v) is 3.34. The number of nitrogens with zero attached hydrogens (tertiary/aromatic N) is 2. The Balaban J connectivity index is 1.49. The number of imidazole rings is 1. The van der Waals surface area contributed by atoms with Crippen LogP contribution in [0.2, 0.25) is 0 Å². The van der Waals surface area contributed by atoms with Crippen molar-refractivity contribution in [2.24, 2.45) is 0 Å². The summed E-state index contributed by atoms with van der Waals surface area (Å²) in [5.41, 5.74) is 3.77. The summed E-state index contributed by atoms with van der Waals surface area (Å²) in [5.74, 6) is 1.69. The SMILES string of the molecule is Cc1cnc(C2CCN(Cc3c[nH]c4ccccc34)C2)[nH]1. The highest BCUT2D eigenvalue weighted by molar-refractivity contribution is 5.82. The topological polar surface area (TPSA) is 47.7 Å². The van der Waals surface area contributed by atoms with Crippen molar-refractivity contribution in [1.82, 2.24) is 19.9 Å². The number of rotatable bonds is 3. The lowest BCUT2D eigenvalue weighted by molar-refractivity contribution is 0.327. The average molecular weight is 280 g/mol. The first-order chi connectivity index (χ1) is 10.3. The van der Waals surface area contributed by atoms with Gasteiger partial charge in [0.1, 0.15) is 5.82 Å². The van der Waals surface area contributed by atoms with E-state index in [1.807, 2.05) is 6.20 Å². The summed E-state index contributed by atoms with van der Waals surface area (Å²) in [6, 6.07) is 8.52. The number of aryl methyl sites for hydroxylation is 1. The normalized spacial score (nSPS) is 19.6. The number of hydrogen-bond acceptors (Lipinski definition) is 2. The van der Waals surface area contributed by atoms with Crippen molar-refractivity contribution in [3.8, 4) is 0 Å². The van der Waals surface area contributed by atoms with Crippen LogP contribution in [0.25, 0.3) is 10.9 Å². The number of likely N-dealkylation sites (tertiary alicyclic amines) is 1. The average Bonchev–Trinajstić information content (AvgIpc) is 3.20. The molecule has 1 unspecified atom stereocenters. The van der Waals surface area contributed by atoms with Gasteiger partial charge in [-0.3, -0.25) is 4.90 Å². The van der Waals surface area contributed by atoms with E-state index in [1.165, 1.54) is 22.9 Å². The zero-order valence-corrected chi connectivity index (χ0v) is 12.3. The smallest absolute Gasteiger partial charge is 0.110 e. The summed E-state index contributed by atoms with van der Waals surface area (Å²) < 4.78 is 0. The van der Waals surface area contributed by atoms with Gasteiger partial charge in [-0.15, -0.1) is 0 Å². The van der Waals surface area contributed by atoms with Crippen LogP contribution >= 0.6 is 0 Å². The predicted octanol–water partition coefficient (Wildman–Crippen LogP) is 3.19. The fourth-order valence-electron chi connectivity index (χ4n) is 3.34. The predicted molar refractivity (Wildman–Crippen MR) is 84.3 cm³/mol. The second-order valence-corrected chi connectivity index (χ2v) is 6.03. The van der Waals surface area contributed by atoms with E-state index in [-0.39, 0.29) is 0 Å². The van der Waals surface area contributed by atoms with Crippen LogP contribution in [0.4, 0.5) is 0 Å². The van der Waals surface area contributed by atoms with Gasteiger partial charge in [0.25, 0.3) is 0 Å². The zero-order chi connectivity index (χ0) is 14.2. The molecule has 2 N–H and O–H groups in total. The van der Waals surface area contributed by atoms with Crippen molar-refractivity contribution in [3.05, 3.63) is 53.7 Å². The fraction of sp³-hybridized carbons (Fsp3) is 0.353. The minimum atomic E-state index is 0.545. The highest BCUT2D eigenvalue weighted by atomic mass is 15.2. The maximum Gasteiger partial charge on any atom is 0.110 e. The van der Waals surface area contributed by atoms with E-state index in [1.54, 1.807) is 0 Å². The Morgan fingerprint density at radius 3 is 3.10 bits per heavy atom. The Morgan fingerprint density at radius 1 is 1.33 bits per heavy atom. The van der Waals surface area contributed by atoms with E-state index in [4.69, 9.17) is 0 Å². The molecule has 4 heteroatoms. The molecule has 4 rings (SSSR count). The van der Waals surface area contributed by atoms with Crippen molar-refractivity contribution >= 4 is 10.9 Å². The van der Waals surface area contributed by atoms with Crippen LogP contribution in [0, 0.1) is 6.92 Å². The molecule has 21 heavy (non-hydrogen) atoms. The van der Waals surface area contributed by atoms with Crippen LogP contribution < -0.4 is 0 Å². The lowest BCUT2D eigenvalue weighted by atomic mass is 10.1. The summed E-state index contributed by atoms with van der Waals surface area (Å²) in [5, 5.41) is 1.34. The van der Waals surface area contributed by atoms with Crippen LogP contribution in [-0.2, 0) is 6.54 Å². The molecule has 108 valence electrons.